The van der Waals surface area contributed by atoms with Crippen LogP contribution in [0.4, 0.5) is 4.39 Å². The van der Waals surface area contributed by atoms with Crippen LogP contribution in [0, 0.1) is 5.82 Å². The van der Waals surface area contributed by atoms with E-state index in [1.165, 1.54) is 32.2 Å². The molecule has 21 heavy (non-hydrogen) atoms. The van der Waals surface area contributed by atoms with E-state index in [2.05, 4.69) is 0 Å². The molecule has 0 radical (unpaired) electrons. The molecule has 0 aliphatic rings. The smallest absolute Gasteiger partial charge is 0.303 e. The average Bonchev–Trinajstić information content (AvgIpc) is 2.45. The first-order valence-corrected chi connectivity index (χ1v) is 6.29. The Hall–Kier alpha value is -2.31. The first-order chi connectivity index (χ1) is 9.90. The molecule has 1 amide bonds. The van der Waals surface area contributed by atoms with E-state index in [9.17, 15) is 14.0 Å². The summed E-state index contributed by atoms with van der Waals surface area (Å²) in [5.74, 6) is -1.75. The van der Waals surface area contributed by atoms with Gasteiger partial charge in [-0.25, -0.2) is 4.39 Å². The fraction of sp³-hybridized carbons (Fsp3) is 0.429. The fourth-order valence-corrected chi connectivity index (χ4v) is 1.79. The Bertz CT molecular complexity index is 532. The number of carboxylic acid groups (broad SMARTS) is 1. The van der Waals surface area contributed by atoms with Crippen LogP contribution in [0.3, 0.4) is 0 Å². The van der Waals surface area contributed by atoms with Crippen LogP contribution in [0.5, 0.6) is 11.5 Å². The van der Waals surface area contributed by atoms with Gasteiger partial charge in [-0.2, -0.15) is 0 Å². The molecule has 0 aliphatic carbocycles. The lowest BCUT2D eigenvalue weighted by atomic mass is 10.1. The summed E-state index contributed by atoms with van der Waals surface area (Å²) in [6.45, 7) is 0.221. The Kier molecular flexibility index (Phi) is 5.95. The molecule has 1 aromatic rings. The second-order valence-corrected chi connectivity index (χ2v) is 4.41. The summed E-state index contributed by atoms with van der Waals surface area (Å²) < 4.78 is 23.9. The summed E-state index contributed by atoms with van der Waals surface area (Å²) in [4.78, 5) is 23.9. The zero-order valence-electron chi connectivity index (χ0n) is 12.2. The van der Waals surface area contributed by atoms with Crippen LogP contribution in [0.1, 0.15) is 23.2 Å². The molecule has 0 aliphatic heterocycles. The number of amides is 1. The molecule has 0 bridgehead atoms. The number of benzene rings is 1. The van der Waals surface area contributed by atoms with Crippen molar-refractivity contribution >= 4 is 11.9 Å². The number of halogens is 1. The summed E-state index contributed by atoms with van der Waals surface area (Å²) in [6, 6.07) is 2.35. The molecule has 0 fully saturated rings. The molecule has 0 spiro atoms. The van der Waals surface area contributed by atoms with E-state index in [0.717, 1.165) is 6.07 Å². The van der Waals surface area contributed by atoms with E-state index in [0.29, 0.717) is 6.42 Å². The number of hydrogen-bond acceptors (Lipinski definition) is 4. The van der Waals surface area contributed by atoms with Gasteiger partial charge in [0.25, 0.3) is 5.91 Å². The Balaban J connectivity index is 2.88. The second kappa shape index (κ2) is 7.47. The summed E-state index contributed by atoms with van der Waals surface area (Å²) in [5, 5.41) is 8.56. The van der Waals surface area contributed by atoms with Crippen LogP contribution in [-0.2, 0) is 4.79 Å². The lowest BCUT2D eigenvalue weighted by molar-refractivity contribution is -0.137. The van der Waals surface area contributed by atoms with Gasteiger partial charge in [-0.05, 0) is 12.5 Å². The number of carbonyl (C=O) groups excluding carboxylic acids is 1. The number of aliphatic carboxylic acids is 1. The Morgan fingerprint density at radius 2 is 1.81 bits per heavy atom. The zero-order valence-corrected chi connectivity index (χ0v) is 12.2. The SMILES string of the molecule is COc1cc(F)c(C(=O)N(C)CCCC(=O)O)cc1OC. The molecule has 1 rings (SSSR count). The molecule has 0 heterocycles. The molecular weight excluding hydrogens is 281 g/mol. The summed E-state index contributed by atoms with van der Waals surface area (Å²) in [6.07, 6.45) is 0.249. The van der Waals surface area contributed by atoms with E-state index < -0.39 is 17.7 Å². The van der Waals surface area contributed by atoms with Crippen molar-refractivity contribution in [3.05, 3.63) is 23.5 Å². The zero-order chi connectivity index (χ0) is 16.0. The molecule has 7 heteroatoms. The predicted molar refractivity (Wildman–Crippen MR) is 73.3 cm³/mol. The predicted octanol–water partition coefficient (Wildman–Crippen LogP) is 1.78. The van der Waals surface area contributed by atoms with Gasteiger partial charge in [0.15, 0.2) is 11.5 Å². The Labute approximate surface area is 122 Å². The minimum atomic E-state index is -0.937. The molecule has 0 aromatic heterocycles. The van der Waals surface area contributed by atoms with E-state index in [4.69, 9.17) is 14.6 Å². The maximum absolute atomic E-state index is 13.9. The van der Waals surface area contributed by atoms with Gasteiger partial charge in [-0.3, -0.25) is 9.59 Å². The molecule has 0 unspecified atom stereocenters. The van der Waals surface area contributed by atoms with Crippen molar-refractivity contribution in [3.8, 4) is 11.5 Å². The number of methoxy groups -OCH3 is 2. The molecule has 1 N–H and O–H groups in total. The van der Waals surface area contributed by atoms with Crippen molar-refractivity contribution in [3.63, 3.8) is 0 Å². The largest absolute Gasteiger partial charge is 0.493 e. The van der Waals surface area contributed by atoms with Gasteiger partial charge in [-0.1, -0.05) is 0 Å². The van der Waals surface area contributed by atoms with Crippen molar-refractivity contribution in [2.75, 3.05) is 27.8 Å². The topological polar surface area (TPSA) is 76.1 Å². The highest BCUT2D eigenvalue weighted by Gasteiger charge is 2.20. The third-order valence-electron chi connectivity index (χ3n) is 2.93. The first-order valence-electron chi connectivity index (χ1n) is 6.29. The van der Waals surface area contributed by atoms with Crippen molar-refractivity contribution in [2.45, 2.75) is 12.8 Å². The van der Waals surface area contributed by atoms with Crippen molar-refractivity contribution in [1.29, 1.82) is 0 Å². The third kappa shape index (κ3) is 4.34. The quantitative estimate of drug-likeness (QED) is 0.830. The maximum Gasteiger partial charge on any atom is 0.303 e. The summed E-state index contributed by atoms with van der Waals surface area (Å²) in [5.41, 5.74) is -0.148. The normalized spacial score (nSPS) is 10.1. The van der Waals surface area contributed by atoms with Crippen LogP contribution in [0.15, 0.2) is 12.1 Å². The van der Waals surface area contributed by atoms with Crippen molar-refractivity contribution in [1.82, 2.24) is 4.90 Å². The van der Waals surface area contributed by atoms with Crippen LogP contribution in [0.2, 0.25) is 0 Å². The number of hydrogen-bond donors (Lipinski definition) is 1. The van der Waals surface area contributed by atoms with Gasteiger partial charge in [0.2, 0.25) is 0 Å². The average molecular weight is 299 g/mol. The third-order valence-corrected chi connectivity index (χ3v) is 2.93. The van der Waals surface area contributed by atoms with Crippen LogP contribution >= 0.6 is 0 Å². The number of carbonyl (C=O) groups is 2. The van der Waals surface area contributed by atoms with Crippen molar-refractivity contribution in [2.24, 2.45) is 0 Å². The van der Waals surface area contributed by atoms with E-state index >= 15 is 0 Å². The van der Waals surface area contributed by atoms with E-state index in [1.54, 1.807) is 0 Å². The Morgan fingerprint density at radius 3 is 2.33 bits per heavy atom. The molecule has 1 aromatic carbocycles. The van der Waals surface area contributed by atoms with Gasteiger partial charge >= 0.3 is 5.97 Å². The number of carboxylic acids is 1. The van der Waals surface area contributed by atoms with Crippen LogP contribution in [-0.4, -0.2) is 49.7 Å². The summed E-state index contributed by atoms with van der Waals surface area (Å²) in [7, 11) is 4.25. The molecule has 116 valence electrons. The molecule has 6 nitrogen and oxygen atoms in total. The summed E-state index contributed by atoms with van der Waals surface area (Å²) >= 11 is 0. The molecule has 0 atom stereocenters. The minimum absolute atomic E-state index is 0.0496. The highest BCUT2D eigenvalue weighted by atomic mass is 19.1. The van der Waals surface area contributed by atoms with Crippen molar-refractivity contribution < 1.29 is 28.6 Å². The van der Waals surface area contributed by atoms with Gasteiger partial charge in [0, 0.05) is 26.1 Å². The van der Waals surface area contributed by atoms with E-state index in [1.807, 2.05) is 0 Å². The number of nitrogens with zero attached hydrogens (tertiary/aromatic N) is 1. The molecule has 0 saturated carbocycles. The molecular formula is C14H18FNO5. The highest BCUT2D eigenvalue weighted by Crippen LogP contribution is 2.30. The standard InChI is InChI=1S/C14H18FNO5/c1-16(6-4-5-13(17)18)14(19)9-7-11(20-2)12(21-3)8-10(9)15/h7-8H,4-6H2,1-3H3,(H,17,18). The van der Waals surface area contributed by atoms with Crippen LogP contribution in [0.25, 0.3) is 0 Å². The van der Waals surface area contributed by atoms with Gasteiger partial charge in [0.05, 0.1) is 19.8 Å². The fourth-order valence-electron chi connectivity index (χ4n) is 1.79. The van der Waals surface area contributed by atoms with Crippen LogP contribution < -0.4 is 9.47 Å². The lowest BCUT2D eigenvalue weighted by Gasteiger charge is -2.18. The maximum atomic E-state index is 13.9. The van der Waals surface area contributed by atoms with Gasteiger partial charge < -0.3 is 19.5 Å². The van der Waals surface area contributed by atoms with Gasteiger partial charge in [0.1, 0.15) is 5.82 Å². The molecule has 0 saturated heterocycles. The lowest BCUT2D eigenvalue weighted by Crippen LogP contribution is -2.29. The monoisotopic (exact) mass is 299 g/mol. The van der Waals surface area contributed by atoms with E-state index in [-0.39, 0.29) is 30.0 Å². The van der Waals surface area contributed by atoms with Gasteiger partial charge in [-0.15, -0.1) is 0 Å². The number of rotatable bonds is 7. The Morgan fingerprint density at radius 1 is 1.24 bits per heavy atom. The number of ether oxygens (including phenoxy) is 2. The minimum Gasteiger partial charge on any atom is -0.493 e. The first kappa shape index (κ1) is 16.7. The second-order valence-electron chi connectivity index (χ2n) is 4.41. The highest BCUT2D eigenvalue weighted by molar-refractivity contribution is 5.95.